The minimum absolute atomic E-state index is 0.302. The fourth-order valence-electron chi connectivity index (χ4n) is 1.96. The van der Waals surface area contributed by atoms with Gasteiger partial charge < -0.3 is 4.90 Å². The predicted octanol–water partition coefficient (Wildman–Crippen LogP) is 3.02. The van der Waals surface area contributed by atoms with Crippen molar-refractivity contribution in [3.05, 3.63) is 59.9 Å². The van der Waals surface area contributed by atoms with Crippen LogP contribution in [0.2, 0.25) is 0 Å². The van der Waals surface area contributed by atoms with Crippen LogP contribution in [-0.2, 0) is 10.0 Å². The first kappa shape index (κ1) is 13.3. The fourth-order valence-corrected chi connectivity index (χ4v) is 3.87. The minimum atomic E-state index is -3.51. The fraction of sp³-hybridized carbons (Fsp3) is 0.143. The second-order valence-corrected chi connectivity index (χ2v) is 7.28. The lowest BCUT2D eigenvalue weighted by atomic mass is 10.2. The third kappa shape index (κ3) is 2.36. The first-order valence-corrected chi connectivity index (χ1v) is 8.61. The van der Waals surface area contributed by atoms with E-state index < -0.39 is 10.0 Å². The van der Waals surface area contributed by atoms with E-state index >= 15 is 0 Å². The molecule has 0 aliphatic carbocycles. The molecule has 104 valence electrons. The monoisotopic (exact) mass is 306 g/mol. The summed E-state index contributed by atoms with van der Waals surface area (Å²) in [6, 6.07) is 8.68. The quantitative estimate of drug-likeness (QED) is 0.874. The van der Waals surface area contributed by atoms with E-state index in [0.29, 0.717) is 4.90 Å². The van der Waals surface area contributed by atoms with Gasteiger partial charge in [0.1, 0.15) is 0 Å². The average molecular weight is 306 g/mol. The summed E-state index contributed by atoms with van der Waals surface area (Å²) in [7, 11) is -3.51. The van der Waals surface area contributed by atoms with Crippen LogP contribution in [0.15, 0.2) is 59.2 Å². The molecule has 1 aliphatic heterocycles. The van der Waals surface area contributed by atoms with E-state index in [0.717, 1.165) is 17.1 Å². The molecular weight excluding hydrogens is 292 g/mol. The van der Waals surface area contributed by atoms with Crippen molar-refractivity contribution < 1.29 is 8.42 Å². The minimum Gasteiger partial charge on any atom is -0.336 e. The first-order chi connectivity index (χ1) is 9.57. The Bertz CT molecular complexity index is 746. The Morgan fingerprint density at radius 1 is 1.15 bits per heavy atom. The molecular formula is C14H14N2O2S2. The first-order valence-electron chi connectivity index (χ1n) is 6.12. The standard InChI is InChI=1S/C14H14N2O2S2/c1-12-2-4-14(5-3-12)20(17,18)16-7-6-13(10-16)15-8-9-19-11-15/h2-10H,11H2,1H3. The highest BCUT2D eigenvalue weighted by atomic mass is 32.2. The lowest BCUT2D eigenvalue weighted by Gasteiger charge is -2.11. The van der Waals surface area contributed by atoms with E-state index in [-0.39, 0.29) is 0 Å². The van der Waals surface area contributed by atoms with E-state index in [4.69, 9.17) is 0 Å². The Hall–Kier alpha value is -1.66. The summed E-state index contributed by atoms with van der Waals surface area (Å²) in [6.45, 7) is 1.93. The highest BCUT2D eigenvalue weighted by Crippen LogP contribution is 2.25. The van der Waals surface area contributed by atoms with Crippen molar-refractivity contribution in [2.75, 3.05) is 10.8 Å². The SMILES string of the molecule is Cc1ccc(S(=O)(=O)n2ccc(N3C=CSC3)c2)cc1. The largest absolute Gasteiger partial charge is 0.336 e. The smallest absolute Gasteiger partial charge is 0.267 e. The van der Waals surface area contributed by atoms with E-state index in [1.807, 2.05) is 29.5 Å². The molecule has 0 radical (unpaired) electrons. The van der Waals surface area contributed by atoms with Crippen LogP contribution in [0.1, 0.15) is 5.56 Å². The van der Waals surface area contributed by atoms with Crippen molar-refractivity contribution in [2.24, 2.45) is 0 Å². The molecule has 0 spiro atoms. The van der Waals surface area contributed by atoms with Crippen LogP contribution in [0.5, 0.6) is 0 Å². The van der Waals surface area contributed by atoms with Crippen LogP contribution in [0.4, 0.5) is 5.69 Å². The van der Waals surface area contributed by atoms with E-state index in [1.165, 1.54) is 3.97 Å². The van der Waals surface area contributed by atoms with Crippen molar-refractivity contribution in [3.63, 3.8) is 0 Å². The summed E-state index contributed by atoms with van der Waals surface area (Å²) in [5.74, 6) is 0.814. The number of rotatable bonds is 3. The number of hydrogen-bond acceptors (Lipinski definition) is 4. The molecule has 0 amide bonds. The lowest BCUT2D eigenvalue weighted by molar-refractivity contribution is 0.587. The molecule has 0 fully saturated rings. The molecule has 0 saturated carbocycles. The molecule has 0 atom stereocenters. The summed E-state index contributed by atoms with van der Waals surface area (Å²) >= 11 is 1.68. The molecule has 1 aliphatic rings. The van der Waals surface area contributed by atoms with Crippen LogP contribution in [0.3, 0.4) is 0 Å². The molecule has 0 saturated heterocycles. The number of hydrogen-bond donors (Lipinski definition) is 0. The van der Waals surface area contributed by atoms with Crippen LogP contribution >= 0.6 is 11.8 Å². The zero-order valence-electron chi connectivity index (χ0n) is 10.9. The van der Waals surface area contributed by atoms with Crippen LogP contribution in [0, 0.1) is 6.92 Å². The van der Waals surface area contributed by atoms with Crippen molar-refractivity contribution in [1.82, 2.24) is 3.97 Å². The highest BCUT2D eigenvalue weighted by molar-refractivity contribution is 8.02. The molecule has 3 rings (SSSR count). The maximum Gasteiger partial charge on any atom is 0.267 e. The van der Waals surface area contributed by atoms with Crippen LogP contribution in [0.25, 0.3) is 0 Å². The van der Waals surface area contributed by atoms with Gasteiger partial charge in [0.15, 0.2) is 0 Å². The third-order valence-electron chi connectivity index (χ3n) is 3.13. The zero-order chi connectivity index (χ0) is 14.2. The van der Waals surface area contributed by atoms with E-state index in [1.54, 1.807) is 48.4 Å². The molecule has 1 aromatic carbocycles. The van der Waals surface area contributed by atoms with Gasteiger partial charge in [-0.1, -0.05) is 17.7 Å². The normalized spacial score (nSPS) is 14.9. The number of aryl methyl sites for hydroxylation is 1. The molecule has 0 N–H and O–H groups in total. The second-order valence-electron chi connectivity index (χ2n) is 4.57. The lowest BCUT2D eigenvalue weighted by Crippen LogP contribution is -2.12. The van der Waals surface area contributed by atoms with Crippen LogP contribution < -0.4 is 4.90 Å². The van der Waals surface area contributed by atoms with Gasteiger partial charge in [-0.15, -0.1) is 11.8 Å². The van der Waals surface area contributed by atoms with E-state index in [2.05, 4.69) is 0 Å². The molecule has 0 bridgehead atoms. The Balaban J connectivity index is 1.95. The van der Waals surface area contributed by atoms with Crippen molar-refractivity contribution in [3.8, 4) is 0 Å². The number of anilines is 1. The number of thioether (sulfide) groups is 1. The van der Waals surface area contributed by atoms with Gasteiger partial charge in [0.05, 0.1) is 16.5 Å². The Morgan fingerprint density at radius 2 is 1.90 bits per heavy atom. The molecule has 2 heterocycles. The predicted molar refractivity (Wildman–Crippen MR) is 82.3 cm³/mol. The molecule has 1 aromatic heterocycles. The summed E-state index contributed by atoms with van der Waals surface area (Å²) < 4.78 is 26.3. The number of nitrogens with zero attached hydrogens (tertiary/aromatic N) is 2. The summed E-state index contributed by atoms with van der Waals surface area (Å²) in [4.78, 5) is 2.31. The molecule has 6 heteroatoms. The van der Waals surface area contributed by atoms with Crippen molar-refractivity contribution in [2.45, 2.75) is 11.8 Å². The van der Waals surface area contributed by atoms with Crippen molar-refractivity contribution >= 4 is 27.5 Å². The van der Waals surface area contributed by atoms with Gasteiger partial charge in [0.2, 0.25) is 0 Å². The van der Waals surface area contributed by atoms with Gasteiger partial charge in [-0.3, -0.25) is 0 Å². The Labute approximate surface area is 122 Å². The Kier molecular flexibility index (Phi) is 3.35. The summed E-state index contributed by atoms with van der Waals surface area (Å²) in [6.07, 6.45) is 5.18. The number of benzene rings is 1. The summed E-state index contributed by atoms with van der Waals surface area (Å²) in [5.41, 5.74) is 1.92. The maximum absolute atomic E-state index is 12.5. The molecule has 4 nitrogen and oxygen atoms in total. The van der Waals surface area contributed by atoms with Crippen LogP contribution in [-0.4, -0.2) is 18.3 Å². The number of aromatic nitrogens is 1. The zero-order valence-corrected chi connectivity index (χ0v) is 12.6. The van der Waals surface area contributed by atoms with Gasteiger partial charge in [0.25, 0.3) is 10.0 Å². The van der Waals surface area contributed by atoms with Crippen molar-refractivity contribution in [1.29, 1.82) is 0 Å². The summed E-state index contributed by atoms with van der Waals surface area (Å²) in [5, 5.41) is 1.99. The maximum atomic E-state index is 12.5. The average Bonchev–Trinajstić information content (AvgIpc) is 3.10. The van der Waals surface area contributed by atoms with Gasteiger partial charge in [0, 0.05) is 18.6 Å². The van der Waals surface area contributed by atoms with Gasteiger partial charge >= 0.3 is 0 Å². The van der Waals surface area contributed by atoms with E-state index in [9.17, 15) is 8.42 Å². The molecule has 20 heavy (non-hydrogen) atoms. The van der Waals surface area contributed by atoms with Gasteiger partial charge in [-0.2, -0.15) is 0 Å². The molecule has 2 aromatic rings. The molecule has 0 unspecified atom stereocenters. The second kappa shape index (κ2) is 5.03. The highest BCUT2D eigenvalue weighted by Gasteiger charge is 2.18. The topological polar surface area (TPSA) is 42.3 Å². The third-order valence-corrected chi connectivity index (χ3v) is 5.52. The van der Waals surface area contributed by atoms with Gasteiger partial charge in [-0.25, -0.2) is 12.4 Å². The van der Waals surface area contributed by atoms with Gasteiger partial charge in [-0.05, 0) is 30.5 Å². The Morgan fingerprint density at radius 3 is 2.55 bits per heavy atom.